The maximum Gasteiger partial charge on any atom is 0.264 e. The molecule has 1 aliphatic rings. The van der Waals surface area contributed by atoms with Crippen LogP contribution < -0.4 is 0 Å². The highest BCUT2D eigenvalue weighted by Crippen LogP contribution is 2.57. The first kappa shape index (κ1) is 18.6. The molecule has 23 heavy (non-hydrogen) atoms. The molecule has 2 atom stereocenters. The molecule has 1 aromatic rings. The van der Waals surface area contributed by atoms with Gasteiger partial charge in [0.2, 0.25) is 0 Å². The fourth-order valence-corrected chi connectivity index (χ4v) is 9.76. The van der Waals surface area contributed by atoms with E-state index in [2.05, 4.69) is 19.6 Å². The Hall–Kier alpha value is -0.703. The molecule has 2 rings (SSSR count). The van der Waals surface area contributed by atoms with Crippen molar-refractivity contribution in [2.75, 3.05) is 12.9 Å². The summed E-state index contributed by atoms with van der Waals surface area (Å²) in [5.74, 6) is -0.269. The third-order valence-corrected chi connectivity index (χ3v) is 9.20. The summed E-state index contributed by atoms with van der Waals surface area (Å²) < 4.78 is 52.7. The highest BCUT2D eigenvalue weighted by molar-refractivity contribution is 7.93. The standard InChI is InChI=1S/C15H24O5S2Si/c1-21(16,17)20-11-13-10-15(13,12-23(2,3)4)22(18,19)14-8-6-5-7-9-14/h5-9,13H,10-12H2,1-4H3. The maximum absolute atomic E-state index is 13.1. The lowest BCUT2D eigenvalue weighted by molar-refractivity contribution is 0.300. The molecule has 0 amide bonds. The molecule has 2 unspecified atom stereocenters. The van der Waals surface area contributed by atoms with Crippen LogP contribution in [0.25, 0.3) is 0 Å². The van der Waals surface area contributed by atoms with Crippen molar-refractivity contribution in [3.05, 3.63) is 30.3 Å². The van der Waals surface area contributed by atoms with E-state index in [-0.39, 0.29) is 12.5 Å². The topological polar surface area (TPSA) is 77.5 Å². The van der Waals surface area contributed by atoms with Gasteiger partial charge in [-0.2, -0.15) is 8.42 Å². The molecule has 8 heteroatoms. The monoisotopic (exact) mass is 376 g/mol. The van der Waals surface area contributed by atoms with Gasteiger partial charge in [-0.25, -0.2) is 8.42 Å². The zero-order chi connectivity index (χ0) is 17.5. The lowest BCUT2D eigenvalue weighted by Crippen LogP contribution is -2.36. The Morgan fingerprint density at radius 1 is 1.13 bits per heavy atom. The smallest absolute Gasteiger partial charge is 0.264 e. The van der Waals surface area contributed by atoms with Crippen molar-refractivity contribution < 1.29 is 21.0 Å². The van der Waals surface area contributed by atoms with Gasteiger partial charge in [0.1, 0.15) is 0 Å². The van der Waals surface area contributed by atoms with Crippen molar-refractivity contribution >= 4 is 28.0 Å². The van der Waals surface area contributed by atoms with E-state index in [9.17, 15) is 16.8 Å². The summed E-state index contributed by atoms with van der Waals surface area (Å²) in [6.07, 6.45) is 1.45. The van der Waals surface area contributed by atoms with E-state index < -0.39 is 32.8 Å². The average Bonchev–Trinajstić information content (AvgIpc) is 3.09. The molecule has 0 heterocycles. The van der Waals surface area contributed by atoms with Crippen LogP contribution in [0.15, 0.2) is 35.2 Å². The summed E-state index contributed by atoms with van der Waals surface area (Å²) in [5.41, 5.74) is 0. The van der Waals surface area contributed by atoms with Gasteiger partial charge in [-0.3, -0.25) is 4.18 Å². The van der Waals surface area contributed by atoms with Crippen LogP contribution >= 0.6 is 0 Å². The van der Waals surface area contributed by atoms with Gasteiger partial charge in [0.05, 0.1) is 22.5 Å². The molecule has 130 valence electrons. The van der Waals surface area contributed by atoms with Gasteiger partial charge in [-0.05, 0) is 24.6 Å². The van der Waals surface area contributed by atoms with Crippen molar-refractivity contribution in [2.24, 2.45) is 5.92 Å². The summed E-state index contributed by atoms with van der Waals surface area (Å²) in [7, 11) is -8.76. The third kappa shape index (κ3) is 4.23. The molecule has 5 nitrogen and oxygen atoms in total. The number of hydrogen-bond donors (Lipinski definition) is 0. The largest absolute Gasteiger partial charge is 0.270 e. The second kappa shape index (κ2) is 5.98. The predicted molar refractivity (Wildman–Crippen MR) is 93.4 cm³/mol. The summed E-state index contributed by atoms with van der Waals surface area (Å²) in [5, 5.41) is 0. The molecule has 0 saturated heterocycles. The zero-order valence-corrected chi connectivity index (χ0v) is 16.6. The van der Waals surface area contributed by atoms with Crippen molar-refractivity contribution in [1.82, 2.24) is 0 Å². The van der Waals surface area contributed by atoms with Crippen LogP contribution in [-0.2, 0) is 24.1 Å². The molecular weight excluding hydrogens is 352 g/mol. The Bertz CT molecular complexity index is 766. The minimum absolute atomic E-state index is 0.0601. The lowest BCUT2D eigenvalue weighted by Gasteiger charge is -2.26. The SMILES string of the molecule is C[Si](C)(C)CC1(S(=O)(=O)c2ccccc2)CC1COS(C)(=O)=O. The Kier molecular flexibility index (Phi) is 4.85. The summed E-state index contributed by atoms with van der Waals surface area (Å²) >= 11 is 0. The van der Waals surface area contributed by atoms with Crippen molar-refractivity contribution in [2.45, 2.75) is 41.7 Å². The first-order chi connectivity index (χ1) is 10.4. The van der Waals surface area contributed by atoms with Crippen LogP contribution in [0.5, 0.6) is 0 Å². The van der Waals surface area contributed by atoms with Gasteiger partial charge < -0.3 is 0 Å². The van der Waals surface area contributed by atoms with Crippen LogP contribution in [0.4, 0.5) is 0 Å². The van der Waals surface area contributed by atoms with Crippen LogP contribution in [0, 0.1) is 5.92 Å². The van der Waals surface area contributed by atoms with Gasteiger partial charge in [0.25, 0.3) is 10.1 Å². The van der Waals surface area contributed by atoms with Crippen molar-refractivity contribution in [1.29, 1.82) is 0 Å². The number of rotatable bonds is 7. The number of sulfone groups is 1. The Morgan fingerprint density at radius 2 is 1.70 bits per heavy atom. The molecule has 0 N–H and O–H groups in total. The minimum atomic E-state index is -3.57. The first-order valence-electron chi connectivity index (χ1n) is 7.52. The minimum Gasteiger partial charge on any atom is -0.270 e. The zero-order valence-electron chi connectivity index (χ0n) is 13.9. The fraction of sp³-hybridized carbons (Fsp3) is 0.600. The quantitative estimate of drug-likeness (QED) is 0.540. The van der Waals surface area contributed by atoms with E-state index >= 15 is 0 Å². The molecule has 1 aliphatic carbocycles. The summed E-state index contributed by atoms with van der Waals surface area (Å²) in [6, 6.07) is 9.01. The normalized spacial score (nSPS) is 25.3. The molecule has 0 radical (unpaired) electrons. The second-order valence-corrected chi connectivity index (χ2v) is 16.9. The van der Waals surface area contributed by atoms with Gasteiger partial charge >= 0.3 is 0 Å². The molecule has 0 aromatic heterocycles. The second-order valence-electron chi connectivity index (χ2n) is 7.51. The molecule has 0 spiro atoms. The van der Waals surface area contributed by atoms with Crippen LogP contribution in [0.1, 0.15) is 6.42 Å². The highest BCUT2D eigenvalue weighted by Gasteiger charge is 2.64. The summed E-state index contributed by atoms with van der Waals surface area (Å²) in [6.45, 7) is 6.32. The van der Waals surface area contributed by atoms with Crippen LogP contribution in [0.2, 0.25) is 25.7 Å². The molecule has 0 aliphatic heterocycles. The molecule has 1 fully saturated rings. The van der Waals surface area contributed by atoms with Crippen molar-refractivity contribution in [3.8, 4) is 0 Å². The van der Waals surface area contributed by atoms with Crippen LogP contribution in [0.3, 0.4) is 0 Å². The van der Waals surface area contributed by atoms with Gasteiger partial charge in [0.15, 0.2) is 9.84 Å². The van der Waals surface area contributed by atoms with E-state index in [0.717, 1.165) is 6.26 Å². The van der Waals surface area contributed by atoms with Crippen LogP contribution in [-0.4, -0.2) is 42.5 Å². The number of benzene rings is 1. The van der Waals surface area contributed by atoms with E-state index in [0.29, 0.717) is 17.4 Å². The maximum atomic E-state index is 13.1. The molecule has 1 saturated carbocycles. The molecule has 1 aromatic carbocycles. The number of hydrogen-bond acceptors (Lipinski definition) is 5. The predicted octanol–water partition coefficient (Wildman–Crippen LogP) is 2.53. The third-order valence-electron chi connectivity index (χ3n) is 4.08. The average molecular weight is 377 g/mol. The molecular formula is C15H24O5S2Si. The Labute approximate surface area is 140 Å². The van der Waals surface area contributed by atoms with Gasteiger partial charge in [-0.15, -0.1) is 0 Å². The van der Waals surface area contributed by atoms with E-state index in [1.54, 1.807) is 30.3 Å². The summed E-state index contributed by atoms with van der Waals surface area (Å²) in [4.78, 5) is 0.306. The van der Waals surface area contributed by atoms with E-state index in [4.69, 9.17) is 4.18 Å². The van der Waals surface area contributed by atoms with Gasteiger partial charge in [0, 0.05) is 14.0 Å². The Morgan fingerprint density at radius 3 is 2.17 bits per heavy atom. The Balaban J connectivity index is 2.34. The first-order valence-corrected chi connectivity index (χ1v) is 14.5. The fourth-order valence-electron chi connectivity index (χ4n) is 3.15. The molecule has 0 bridgehead atoms. The highest BCUT2D eigenvalue weighted by atomic mass is 32.2. The van der Waals surface area contributed by atoms with E-state index in [1.807, 2.05) is 0 Å². The lowest BCUT2D eigenvalue weighted by atomic mass is 10.3. The van der Waals surface area contributed by atoms with Gasteiger partial charge in [-0.1, -0.05) is 37.8 Å². The van der Waals surface area contributed by atoms with E-state index in [1.165, 1.54) is 0 Å². The van der Waals surface area contributed by atoms with Crippen molar-refractivity contribution in [3.63, 3.8) is 0 Å².